The van der Waals surface area contributed by atoms with Crippen molar-refractivity contribution in [2.24, 2.45) is 0 Å². The lowest BCUT2D eigenvalue weighted by atomic mass is 9.99. The third-order valence-corrected chi connectivity index (χ3v) is 6.68. The fraction of sp³-hybridized carbons (Fsp3) is 0.300. The summed E-state index contributed by atoms with van der Waals surface area (Å²) in [6, 6.07) is 14.6. The van der Waals surface area contributed by atoms with Gasteiger partial charge in [0.15, 0.2) is 11.4 Å². The number of hydrogen-bond acceptors (Lipinski definition) is 5. The van der Waals surface area contributed by atoms with Crippen LogP contribution in [0.4, 0.5) is 13.6 Å². The first kappa shape index (κ1) is 28.5. The molecule has 4 rings (SSSR count). The Labute approximate surface area is 231 Å². The smallest absolute Gasteiger partial charge is 0.407 e. The zero-order valence-electron chi connectivity index (χ0n) is 22.9. The molecule has 2 heterocycles. The highest BCUT2D eigenvalue weighted by Gasteiger charge is 2.28. The van der Waals surface area contributed by atoms with Crippen LogP contribution in [-0.4, -0.2) is 33.5 Å². The molecule has 0 radical (unpaired) electrons. The van der Waals surface area contributed by atoms with E-state index >= 15 is 0 Å². The molecule has 0 saturated carbocycles. The van der Waals surface area contributed by atoms with Crippen molar-refractivity contribution in [1.82, 2.24) is 20.0 Å². The summed E-state index contributed by atoms with van der Waals surface area (Å²) in [5.74, 6) is -1.54. The molecule has 1 atom stereocenters. The summed E-state index contributed by atoms with van der Waals surface area (Å²) in [4.78, 5) is 30.3. The number of nitrogens with one attached hydrogen (secondary N) is 2. The topological polar surface area (TPSA) is 94.0 Å². The van der Waals surface area contributed by atoms with Crippen molar-refractivity contribution in [2.45, 2.75) is 52.9 Å². The van der Waals surface area contributed by atoms with Crippen LogP contribution < -0.4 is 15.4 Å². The van der Waals surface area contributed by atoms with E-state index in [1.54, 1.807) is 23.6 Å². The molecule has 0 aliphatic carbocycles. The van der Waals surface area contributed by atoms with Crippen molar-refractivity contribution < 1.29 is 27.8 Å². The van der Waals surface area contributed by atoms with Gasteiger partial charge in [0.1, 0.15) is 30.5 Å². The van der Waals surface area contributed by atoms with Crippen molar-refractivity contribution in [2.75, 3.05) is 6.54 Å². The molecule has 2 aromatic carbocycles. The highest BCUT2D eigenvalue weighted by molar-refractivity contribution is 5.95. The number of imidazole rings is 1. The van der Waals surface area contributed by atoms with Gasteiger partial charge in [0.05, 0.1) is 16.8 Å². The van der Waals surface area contributed by atoms with Crippen LogP contribution in [0.15, 0.2) is 60.8 Å². The van der Waals surface area contributed by atoms with Crippen molar-refractivity contribution in [1.29, 1.82) is 0 Å². The molecular formula is C30H32F2N4O4. The molecule has 2 N–H and O–H groups in total. The van der Waals surface area contributed by atoms with Gasteiger partial charge in [-0.3, -0.25) is 9.20 Å². The van der Waals surface area contributed by atoms with Crippen LogP contribution in [-0.2, 0) is 18.0 Å². The summed E-state index contributed by atoms with van der Waals surface area (Å²) in [7, 11) is 0. The number of ether oxygens (including phenoxy) is 2. The maximum absolute atomic E-state index is 14.1. The zero-order chi connectivity index (χ0) is 28.9. The predicted molar refractivity (Wildman–Crippen MR) is 146 cm³/mol. The molecule has 0 saturated heterocycles. The Hall–Kier alpha value is -4.47. The first-order chi connectivity index (χ1) is 19.1. The van der Waals surface area contributed by atoms with Crippen LogP contribution in [0.1, 0.15) is 53.1 Å². The predicted octanol–water partition coefficient (Wildman–Crippen LogP) is 5.63. The molecule has 8 nitrogen and oxygen atoms in total. The Morgan fingerprint density at radius 2 is 1.73 bits per heavy atom. The van der Waals surface area contributed by atoms with E-state index in [-0.39, 0.29) is 36.8 Å². The van der Waals surface area contributed by atoms with Gasteiger partial charge in [-0.05, 0) is 56.5 Å². The van der Waals surface area contributed by atoms with E-state index in [2.05, 4.69) is 15.6 Å². The number of carbonyl (C=O) groups is 2. The SMILES string of the molecule is CCC(C)(CNC(=O)c1c(C)nc2c(OCc3c(F)cccc3F)cc(C)cn12)NC(=O)OCc1ccccc1. The molecule has 4 aromatic rings. The van der Waals surface area contributed by atoms with Gasteiger partial charge in [-0.25, -0.2) is 18.6 Å². The number of halogens is 2. The summed E-state index contributed by atoms with van der Waals surface area (Å²) >= 11 is 0. The maximum Gasteiger partial charge on any atom is 0.407 e. The number of rotatable bonds is 10. The van der Waals surface area contributed by atoms with Gasteiger partial charge in [0.2, 0.25) is 0 Å². The Bertz CT molecular complexity index is 1500. The van der Waals surface area contributed by atoms with Crippen molar-refractivity contribution in [3.63, 3.8) is 0 Å². The number of aromatic nitrogens is 2. The summed E-state index contributed by atoms with van der Waals surface area (Å²) < 4.78 is 40.9. The minimum atomic E-state index is -0.772. The summed E-state index contributed by atoms with van der Waals surface area (Å²) in [6.07, 6.45) is 1.68. The van der Waals surface area contributed by atoms with Crippen LogP contribution in [0.2, 0.25) is 0 Å². The number of pyridine rings is 1. The van der Waals surface area contributed by atoms with Crippen LogP contribution in [0.5, 0.6) is 5.75 Å². The Kier molecular flexibility index (Phi) is 8.67. The lowest BCUT2D eigenvalue weighted by Crippen LogP contribution is -2.53. The van der Waals surface area contributed by atoms with Gasteiger partial charge in [-0.15, -0.1) is 0 Å². The standard InChI is InChI=1S/C30H32F2N4O4/c1-5-30(4,35-29(38)40-16-21-10-7-6-8-11-21)18-33-28(37)26-20(3)34-27-25(14-19(2)15-36(26)27)39-17-22-23(31)12-9-13-24(22)32/h6-15H,5,16-18H2,1-4H3,(H,33,37)(H,35,38). The quantitative estimate of drug-likeness (QED) is 0.267. The minimum absolute atomic E-state index is 0.132. The molecule has 0 aliphatic rings. The monoisotopic (exact) mass is 550 g/mol. The van der Waals surface area contributed by atoms with Crippen LogP contribution in [0.3, 0.4) is 0 Å². The van der Waals surface area contributed by atoms with E-state index in [0.29, 0.717) is 17.8 Å². The van der Waals surface area contributed by atoms with E-state index in [1.807, 2.05) is 51.1 Å². The second-order valence-corrected chi connectivity index (χ2v) is 9.89. The maximum atomic E-state index is 14.1. The van der Waals surface area contributed by atoms with Crippen molar-refractivity contribution >= 4 is 17.6 Å². The number of benzene rings is 2. The van der Waals surface area contributed by atoms with Crippen LogP contribution >= 0.6 is 0 Å². The number of carbonyl (C=O) groups excluding carboxylic acids is 2. The lowest BCUT2D eigenvalue weighted by Gasteiger charge is -2.29. The molecule has 210 valence electrons. The number of aryl methyl sites for hydroxylation is 2. The molecule has 1 unspecified atom stereocenters. The molecule has 2 aromatic heterocycles. The first-order valence-corrected chi connectivity index (χ1v) is 12.9. The van der Waals surface area contributed by atoms with E-state index in [0.717, 1.165) is 23.3 Å². The lowest BCUT2D eigenvalue weighted by molar-refractivity contribution is 0.0923. The first-order valence-electron chi connectivity index (χ1n) is 12.9. The summed E-state index contributed by atoms with van der Waals surface area (Å²) in [5, 5.41) is 5.74. The summed E-state index contributed by atoms with van der Waals surface area (Å²) in [5.41, 5.74) is 1.72. The second kappa shape index (κ2) is 12.1. The zero-order valence-corrected chi connectivity index (χ0v) is 22.9. The number of nitrogens with zero attached hydrogens (tertiary/aromatic N) is 2. The number of amides is 2. The average Bonchev–Trinajstić information content (AvgIpc) is 3.26. The van der Waals surface area contributed by atoms with Gasteiger partial charge in [0, 0.05) is 12.7 Å². The molecule has 0 bridgehead atoms. The van der Waals surface area contributed by atoms with Gasteiger partial charge in [-0.2, -0.15) is 0 Å². The fourth-order valence-electron chi connectivity index (χ4n) is 4.18. The Balaban J connectivity index is 1.46. The van der Waals surface area contributed by atoms with Crippen molar-refractivity contribution in [3.8, 4) is 5.75 Å². The van der Waals surface area contributed by atoms with E-state index in [9.17, 15) is 18.4 Å². The van der Waals surface area contributed by atoms with E-state index < -0.39 is 29.2 Å². The Morgan fingerprint density at radius 1 is 1.02 bits per heavy atom. The normalized spacial score (nSPS) is 12.6. The van der Waals surface area contributed by atoms with E-state index in [1.165, 1.54) is 6.07 Å². The second-order valence-electron chi connectivity index (χ2n) is 9.89. The number of hydrogen-bond donors (Lipinski definition) is 2. The summed E-state index contributed by atoms with van der Waals surface area (Å²) in [6.45, 7) is 7.14. The fourth-order valence-corrected chi connectivity index (χ4v) is 4.18. The minimum Gasteiger partial charge on any atom is -0.485 e. The molecule has 2 amide bonds. The number of fused-ring (bicyclic) bond motifs is 1. The molecular weight excluding hydrogens is 518 g/mol. The molecule has 10 heteroatoms. The Morgan fingerprint density at radius 3 is 2.40 bits per heavy atom. The average molecular weight is 551 g/mol. The van der Waals surface area contributed by atoms with Crippen molar-refractivity contribution in [3.05, 3.63) is 101 Å². The molecule has 0 spiro atoms. The van der Waals surface area contributed by atoms with Gasteiger partial charge in [-0.1, -0.05) is 43.3 Å². The highest BCUT2D eigenvalue weighted by Crippen LogP contribution is 2.26. The third-order valence-electron chi connectivity index (χ3n) is 6.68. The van der Waals surface area contributed by atoms with Gasteiger partial charge >= 0.3 is 6.09 Å². The molecule has 0 aliphatic heterocycles. The largest absolute Gasteiger partial charge is 0.485 e. The van der Waals surface area contributed by atoms with Gasteiger partial charge in [0.25, 0.3) is 5.91 Å². The van der Waals surface area contributed by atoms with E-state index in [4.69, 9.17) is 9.47 Å². The molecule has 40 heavy (non-hydrogen) atoms. The van der Waals surface area contributed by atoms with Gasteiger partial charge < -0.3 is 20.1 Å². The third kappa shape index (κ3) is 6.56. The van der Waals surface area contributed by atoms with Crippen LogP contribution in [0, 0.1) is 25.5 Å². The molecule has 0 fully saturated rings. The number of alkyl carbamates (subject to hydrolysis) is 1. The van der Waals surface area contributed by atoms with Crippen LogP contribution in [0.25, 0.3) is 5.65 Å². The highest BCUT2D eigenvalue weighted by atomic mass is 19.1.